The van der Waals surface area contributed by atoms with Gasteiger partial charge in [-0.05, 0) is 18.9 Å². The van der Waals surface area contributed by atoms with Gasteiger partial charge < -0.3 is 15.1 Å². The maximum absolute atomic E-state index is 12.8. The second kappa shape index (κ2) is 6.81. The first kappa shape index (κ1) is 17.2. The first-order valence-corrected chi connectivity index (χ1v) is 9.69. The number of nitrogens with one attached hydrogen (secondary N) is 1. The van der Waals surface area contributed by atoms with Gasteiger partial charge >= 0.3 is 0 Å². The van der Waals surface area contributed by atoms with Crippen molar-refractivity contribution in [2.45, 2.75) is 18.4 Å². The number of carbonyl (C=O) groups excluding carboxylic acids is 1. The molecule has 0 saturated carbocycles. The van der Waals surface area contributed by atoms with Crippen molar-refractivity contribution in [1.82, 2.24) is 15.1 Å². The Morgan fingerprint density at radius 2 is 2.08 bits per heavy atom. The molecule has 3 N–H and O–H groups in total. The minimum absolute atomic E-state index is 0.106. The van der Waals surface area contributed by atoms with Gasteiger partial charge in [-0.3, -0.25) is 9.89 Å². The van der Waals surface area contributed by atoms with Gasteiger partial charge in [-0.15, -0.1) is 11.8 Å². The minimum Gasteiger partial charge on any atom is -0.508 e. The summed E-state index contributed by atoms with van der Waals surface area (Å²) >= 11 is 1.67. The number of H-pyrrole nitrogens is 1. The lowest BCUT2D eigenvalue weighted by atomic mass is 9.83. The van der Waals surface area contributed by atoms with Gasteiger partial charge in [0.15, 0.2) is 0 Å². The lowest BCUT2D eigenvalue weighted by Gasteiger charge is -2.39. The number of aromatic amines is 1. The number of rotatable bonds is 3. The van der Waals surface area contributed by atoms with E-state index in [1.54, 1.807) is 36.2 Å². The standard InChI is InChI=1S/C19H21N3O3S/c23-16-4-2-1-3-15(16)19(25)5-7-22(8-6-19)18(24)13-9-17(26-12-13)14-10-20-21-11-14/h1-4,9-11,13,23,25H,5-8,12H2,(H,20,21). The third-order valence-corrected chi connectivity index (χ3v) is 6.39. The molecular weight excluding hydrogens is 350 g/mol. The van der Waals surface area contributed by atoms with Crippen LogP contribution in [0.2, 0.25) is 0 Å². The van der Waals surface area contributed by atoms with Crippen molar-refractivity contribution in [3.8, 4) is 5.75 Å². The molecule has 3 heterocycles. The number of para-hydroxylation sites is 1. The lowest BCUT2D eigenvalue weighted by molar-refractivity contribution is -0.137. The number of carbonyl (C=O) groups is 1. The zero-order valence-electron chi connectivity index (χ0n) is 14.3. The predicted molar refractivity (Wildman–Crippen MR) is 100 cm³/mol. The first-order valence-electron chi connectivity index (χ1n) is 8.70. The van der Waals surface area contributed by atoms with E-state index >= 15 is 0 Å². The summed E-state index contributed by atoms with van der Waals surface area (Å²) in [6, 6.07) is 6.88. The SMILES string of the molecule is O=C(C1C=C(c2cn[nH]c2)SC1)N1CCC(O)(c2ccccc2O)CC1. The van der Waals surface area contributed by atoms with Gasteiger partial charge in [0.05, 0.1) is 17.7 Å². The molecule has 1 aromatic carbocycles. The Balaban J connectivity index is 1.42. The van der Waals surface area contributed by atoms with Crippen LogP contribution >= 0.6 is 11.8 Å². The summed E-state index contributed by atoms with van der Waals surface area (Å²) in [6.45, 7) is 0.972. The molecule has 1 aromatic heterocycles. The summed E-state index contributed by atoms with van der Waals surface area (Å²) in [5.74, 6) is 0.811. The Hall–Kier alpha value is -2.25. The number of likely N-dealkylation sites (tertiary alicyclic amines) is 1. The van der Waals surface area contributed by atoms with Crippen LogP contribution in [0, 0.1) is 5.92 Å². The molecule has 26 heavy (non-hydrogen) atoms. The normalized spacial score (nSPS) is 22.3. The van der Waals surface area contributed by atoms with E-state index in [-0.39, 0.29) is 17.6 Å². The zero-order chi connectivity index (χ0) is 18.1. The van der Waals surface area contributed by atoms with Gasteiger partial charge in [-0.1, -0.05) is 24.3 Å². The molecule has 2 aliphatic rings. The van der Waals surface area contributed by atoms with E-state index in [1.807, 2.05) is 23.2 Å². The molecule has 0 spiro atoms. The van der Waals surface area contributed by atoms with E-state index < -0.39 is 5.60 Å². The predicted octanol–water partition coefficient (Wildman–Crippen LogP) is 2.33. The molecule has 4 rings (SSSR count). The van der Waals surface area contributed by atoms with E-state index in [0.717, 1.165) is 16.2 Å². The van der Waals surface area contributed by atoms with Crippen molar-refractivity contribution in [2.75, 3.05) is 18.8 Å². The topological polar surface area (TPSA) is 89.5 Å². The number of phenolic OH excluding ortho intramolecular Hbond substituents is 1. The fraction of sp³-hybridized carbons (Fsp3) is 0.368. The number of amides is 1. The number of aromatic nitrogens is 2. The van der Waals surface area contributed by atoms with E-state index in [9.17, 15) is 15.0 Å². The fourth-order valence-electron chi connectivity index (χ4n) is 3.63. The molecule has 7 heteroatoms. The van der Waals surface area contributed by atoms with Crippen molar-refractivity contribution < 1.29 is 15.0 Å². The monoisotopic (exact) mass is 371 g/mol. The largest absolute Gasteiger partial charge is 0.508 e. The number of aromatic hydroxyl groups is 1. The van der Waals surface area contributed by atoms with Gasteiger partial charge in [-0.2, -0.15) is 5.10 Å². The number of thioether (sulfide) groups is 1. The van der Waals surface area contributed by atoms with Crippen LogP contribution in [0.5, 0.6) is 5.75 Å². The second-order valence-electron chi connectivity index (χ2n) is 6.81. The van der Waals surface area contributed by atoms with E-state index in [0.29, 0.717) is 31.5 Å². The average molecular weight is 371 g/mol. The number of piperidine rings is 1. The molecule has 1 unspecified atom stereocenters. The van der Waals surface area contributed by atoms with Crippen LogP contribution in [0.15, 0.2) is 42.7 Å². The Bertz CT molecular complexity index is 826. The highest BCUT2D eigenvalue weighted by Crippen LogP contribution is 2.40. The number of aliphatic hydroxyl groups is 1. The molecule has 0 radical (unpaired) electrons. The Morgan fingerprint density at radius 3 is 2.77 bits per heavy atom. The van der Waals surface area contributed by atoms with Crippen molar-refractivity contribution in [3.05, 3.63) is 53.9 Å². The maximum Gasteiger partial charge on any atom is 0.230 e. The second-order valence-corrected chi connectivity index (χ2v) is 7.87. The molecule has 6 nitrogen and oxygen atoms in total. The van der Waals surface area contributed by atoms with Crippen LogP contribution < -0.4 is 0 Å². The quantitative estimate of drug-likeness (QED) is 0.771. The summed E-state index contributed by atoms with van der Waals surface area (Å²) in [6.07, 6.45) is 6.46. The molecule has 1 amide bonds. The fourth-order valence-corrected chi connectivity index (χ4v) is 4.77. The van der Waals surface area contributed by atoms with Crippen LogP contribution in [0.3, 0.4) is 0 Å². The number of nitrogens with zero attached hydrogens (tertiary/aromatic N) is 2. The number of phenols is 1. The smallest absolute Gasteiger partial charge is 0.230 e. The summed E-state index contributed by atoms with van der Waals surface area (Å²) < 4.78 is 0. The van der Waals surface area contributed by atoms with E-state index in [4.69, 9.17) is 0 Å². The van der Waals surface area contributed by atoms with Crippen molar-refractivity contribution in [2.24, 2.45) is 5.92 Å². The first-order chi connectivity index (χ1) is 12.6. The van der Waals surface area contributed by atoms with Crippen LogP contribution in [-0.2, 0) is 10.4 Å². The van der Waals surface area contributed by atoms with Gasteiger partial charge in [0.25, 0.3) is 0 Å². The average Bonchev–Trinajstić information content (AvgIpc) is 3.33. The molecule has 2 aliphatic heterocycles. The summed E-state index contributed by atoms with van der Waals surface area (Å²) in [5, 5.41) is 27.7. The van der Waals surface area contributed by atoms with E-state index in [2.05, 4.69) is 10.2 Å². The highest BCUT2D eigenvalue weighted by molar-refractivity contribution is 8.08. The number of hydrogen-bond acceptors (Lipinski definition) is 5. The number of benzene rings is 1. The summed E-state index contributed by atoms with van der Waals surface area (Å²) in [7, 11) is 0. The van der Waals surface area contributed by atoms with Crippen molar-refractivity contribution in [1.29, 1.82) is 0 Å². The van der Waals surface area contributed by atoms with Gasteiger partial charge in [-0.25, -0.2) is 0 Å². The molecule has 1 saturated heterocycles. The molecule has 2 aromatic rings. The molecule has 136 valence electrons. The van der Waals surface area contributed by atoms with Crippen LogP contribution in [0.4, 0.5) is 0 Å². The molecule has 0 aliphatic carbocycles. The zero-order valence-corrected chi connectivity index (χ0v) is 15.1. The van der Waals surface area contributed by atoms with E-state index in [1.165, 1.54) is 0 Å². The van der Waals surface area contributed by atoms with Gasteiger partial charge in [0.1, 0.15) is 5.75 Å². The highest BCUT2D eigenvalue weighted by Gasteiger charge is 2.38. The van der Waals surface area contributed by atoms with Crippen LogP contribution in [0.1, 0.15) is 24.0 Å². The Morgan fingerprint density at radius 1 is 1.31 bits per heavy atom. The highest BCUT2D eigenvalue weighted by atomic mass is 32.2. The van der Waals surface area contributed by atoms with Crippen LogP contribution in [-0.4, -0.2) is 50.1 Å². The van der Waals surface area contributed by atoms with Crippen molar-refractivity contribution >= 4 is 22.6 Å². The Kier molecular flexibility index (Phi) is 4.50. The summed E-state index contributed by atoms with van der Waals surface area (Å²) in [4.78, 5) is 15.8. The maximum atomic E-state index is 12.8. The third kappa shape index (κ3) is 3.12. The molecule has 1 fully saturated rings. The van der Waals surface area contributed by atoms with Gasteiger partial charge in [0, 0.05) is 41.1 Å². The van der Waals surface area contributed by atoms with Crippen molar-refractivity contribution in [3.63, 3.8) is 0 Å². The third-order valence-electron chi connectivity index (χ3n) is 5.18. The summed E-state index contributed by atoms with van der Waals surface area (Å²) in [5.41, 5.74) is 0.480. The van der Waals surface area contributed by atoms with Gasteiger partial charge in [0.2, 0.25) is 5.91 Å². The minimum atomic E-state index is -1.08. The Labute approximate surface area is 155 Å². The molecule has 0 bridgehead atoms. The number of hydrogen-bond donors (Lipinski definition) is 3. The molecular formula is C19H21N3O3S. The van der Waals surface area contributed by atoms with Crippen LogP contribution in [0.25, 0.3) is 4.91 Å². The molecule has 1 atom stereocenters. The lowest BCUT2D eigenvalue weighted by Crippen LogP contribution is -2.47.